The molecular weight excluding hydrogens is 138 g/mol. The topological polar surface area (TPSA) is 32.3 Å². The molecule has 0 unspecified atom stereocenters. The van der Waals surface area contributed by atoms with Crippen LogP contribution < -0.4 is 5.32 Å². The highest BCUT2D eigenvalue weighted by Crippen LogP contribution is 2.32. The van der Waals surface area contributed by atoms with Crippen LogP contribution in [-0.4, -0.2) is 11.1 Å². The highest BCUT2D eigenvalue weighted by Gasteiger charge is 2.25. The van der Waals surface area contributed by atoms with Crippen molar-refractivity contribution >= 4 is 5.69 Å². The Morgan fingerprint density at radius 1 is 1.36 bits per heavy atom. The second kappa shape index (κ2) is 2.24. The fourth-order valence-electron chi connectivity index (χ4n) is 1.48. The zero-order chi connectivity index (χ0) is 7.84. The van der Waals surface area contributed by atoms with Crippen molar-refractivity contribution in [3.8, 4) is 0 Å². The number of nitrogens with one attached hydrogen (secondary N) is 1. The average molecular weight is 149 g/mol. The maximum Gasteiger partial charge on any atom is 0.101 e. The van der Waals surface area contributed by atoms with Crippen LogP contribution in [-0.2, 0) is 0 Å². The number of rotatable bonds is 0. The van der Waals surface area contributed by atoms with E-state index in [-0.39, 0.29) is 12.1 Å². The second-order valence-electron chi connectivity index (χ2n) is 2.97. The van der Waals surface area contributed by atoms with Crippen LogP contribution in [0.2, 0.25) is 0 Å². The van der Waals surface area contributed by atoms with E-state index in [1.54, 1.807) is 0 Å². The van der Waals surface area contributed by atoms with Crippen LogP contribution in [0.4, 0.5) is 5.69 Å². The van der Waals surface area contributed by atoms with Gasteiger partial charge in [-0.05, 0) is 13.0 Å². The number of para-hydroxylation sites is 1. The summed E-state index contributed by atoms with van der Waals surface area (Å²) in [5.41, 5.74) is 2.08. The maximum absolute atomic E-state index is 9.59. The Kier molecular flexibility index (Phi) is 1.36. The summed E-state index contributed by atoms with van der Waals surface area (Å²) < 4.78 is 0. The second-order valence-corrected chi connectivity index (χ2v) is 2.97. The molecule has 1 aromatic rings. The molecule has 2 N–H and O–H groups in total. The maximum atomic E-state index is 9.59. The van der Waals surface area contributed by atoms with E-state index in [2.05, 4.69) is 5.32 Å². The largest absolute Gasteiger partial charge is 0.386 e. The van der Waals surface area contributed by atoms with Crippen molar-refractivity contribution in [1.82, 2.24) is 0 Å². The molecule has 0 amide bonds. The zero-order valence-corrected chi connectivity index (χ0v) is 6.41. The highest BCUT2D eigenvalue weighted by atomic mass is 16.3. The first-order valence-corrected chi connectivity index (χ1v) is 3.82. The van der Waals surface area contributed by atoms with Crippen molar-refractivity contribution in [2.75, 3.05) is 5.32 Å². The van der Waals surface area contributed by atoms with Gasteiger partial charge in [0.25, 0.3) is 0 Å². The molecule has 2 rings (SSSR count). The molecular formula is C9H11NO. The third-order valence-electron chi connectivity index (χ3n) is 2.14. The summed E-state index contributed by atoms with van der Waals surface area (Å²) >= 11 is 0. The highest BCUT2D eigenvalue weighted by molar-refractivity contribution is 5.57. The fraction of sp³-hybridized carbons (Fsp3) is 0.333. The Morgan fingerprint density at radius 2 is 2.09 bits per heavy atom. The molecule has 58 valence electrons. The summed E-state index contributed by atoms with van der Waals surface area (Å²) in [4.78, 5) is 0. The van der Waals surface area contributed by atoms with Crippen LogP contribution >= 0.6 is 0 Å². The minimum absolute atomic E-state index is 0.146. The number of hydrogen-bond donors (Lipinski definition) is 2. The molecule has 0 aromatic heterocycles. The molecule has 1 heterocycles. The van der Waals surface area contributed by atoms with Crippen molar-refractivity contribution in [3.63, 3.8) is 0 Å². The van der Waals surface area contributed by atoms with E-state index in [0.29, 0.717) is 0 Å². The molecule has 2 heteroatoms. The van der Waals surface area contributed by atoms with Crippen LogP contribution in [0.1, 0.15) is 18.6 Å². The minimum atomic E-state index is -0.341. The standard InChI is InChI=1S/C9H11NO/c1-6-9(11)7-4-2-3-5-8(7)10-6/h2-6,9-11H,1H3/t6-,9+/m0/s1. The fourth-order valence-corrected chi connectivity index (χ4v) is 1.48. The van der Waals surface area contributed by atoms with Gasteiger partial charge in [-0.2, -0.15) is 0 Å². The lowest BCUT2D eigenvalue weighted by Crippen LogP contribution is -2.14. The van der Waals surface area contributed by atoms with Crippen LogP contribution in [0.5, 0.6) is 0 Å². The van der Waals surface area contributed by atoms with Crippen molar-refractivity contribution in [2.24, 2.45) is 0 Å². The normalized spacial score (nSPS) is 27.8. The molecule has 0 aliphatic carbocycles. The third kappa shape index (κ3) is 0.906. The van der Waals surface area contributed by atoms with Gasteiger partial charge in [-0.15, -0.1) is 0 Å². The smallest absolute Gasteiger partial charge is 0.101 e. The molecule has 2 atom stereocenters. The van der Waals surface area contributed by atoms with Gasteiger partial charge in [0.2, 0.25) is 0 Å². The Hall–Kier alpha value is -1.02. The molecule has 1 aliphatic heterocycles. The van der Waals surface area contributed by atoms with Crippen LogP contribution in [0.3, 0.4) is 0 Å². The summed E-state index contributed by atoms with van der Waals surface area (Å²) in [7, 11) is 0. The van der Waals surface area contributed by atoms with E-state index < -0.39 is 0 Å². The van der Waals surface area contributed by atoms with Gasteiger partial charge in [0.1, 0.15) is 6.10 Å². The predicted octanol–water partition coefficient (Wildman–Crippen LogP) is 1.53. The first-order chi connectivity index (χ1) is 5.29. The van der Waals surface area contributed by atoms with Gasteiger partial charge in [0, 0.05) is 11.3 Å². The van der Waals surface area contributed by atoms with E-state index in [1.807, 2.05) is 31.2 Å². The number of anilines is 1. The van der Waals surface area contributed by atoms with E-state index in [4.69, 9.17) is 0 Å². The van der Waals surface area contributed by atoms with Gasteiger partial charge in [-0.3, -0.25) is 0 Å². The van der Waals surface area contributed by atoms with E-state index in [1.165, 1.54) is 0 Å². The minimum Gasteiger partial charge on any atom is -0.386 e. The first-order valence-electron chi connectivity index (χ1n) is 3.82. The molecule has 0 spiro atoms. The van der Waals surface area contributed by atoms with Gasteiger partial charge < -0.3 is 10.4 Å². The Balaban J connectivity index is 2.47. The first kappa shape index (κ1) is 6.68. The molecule has 2 nitrogen and oxygen atoms in total. The van der Waals surface area contributed by atoms with Crippen molar-refractivity contribution in [2.45, 2.75) is 19.1 Å². The molecule has 11 heavy (non-hydrogen) atoms. The SMILES string of the molecule is C[C@@H]1Nc2ccccc2[C@@H]1O. The Morgan fingerprint density at radius 3 is 2.82 bits per heavy atom. The number of benzene rings is 1. The number of fused-ring (bicyclic) bond motifs is 1. The predicted molar refractivity (Wildman–Crippen MR) is 44.5 cm³/mol. The van der Waals surface area contributed by atoms with Crippen molar-refractivity contribution in [1.29, 1.82) is 0 Å². The average Bonchev–Trinajstić information content (AvgIpc) is 2.30. The van der Waals surface area contributed by atoms with Crippen LogP contribution in [0.15, 0.2) is 24.3 Å². The number of aliphatic hydroxyl groups excluding tert-OH is 1. The summed E-state index contributed by atoms with van der Waals surface area (Å²) in [5.74, 6) is 0. The quantitative estimate of drug-likeness (QED) is 0.586. The van der Waals surface area contributed by atoms with Crippen molar-refractivity contribution in [3.05, 3.63) is 29.8 Å². The lowest BCUT2D eigenvalue weighted by molar-refractivity contribution is 0.170. The summed E-state index contributed by atoms with van der Waals surface area (Å²) in [5, 5.41) is 12.8. The molecule has 0 bridgehead atoms. The monoisotopic (exact) mass is 149 g/mol. The van der Waals surface area contributed by atoms with Crippen LogP contribution in [0, 0.1) is 0 Å². The van der Waals surface area contributed by atoms with Gasteiger partial charge in [0.15, 0.2) is 0 Å². The Bertz CT molecular complexity index is 272. The summed E-state index contributed by atoms with van der Waals surface area (Å²) in [6, 6.07) is 8.00. The van der Waals surface area contributed by atoms with E-state index in [9.17, 15) is 5.11 Å². The molecule has 0 radical (unpaired) electrons. The molecule has 0 fully saturated rings. The lowest BCUT2D eigenvalue weighted by atomic mass is 10.1. The lowest BCUT2D eigenvalue weighted by Gasteiger charge is -2.07. The van der Waals surface area contributed by atoms with Crippen LogP contribution in [0.25, 0.3) is 0 Å². The molecule has 0 saturated heterocycles. The van der Waals surface area contributed by atoms with Gasteiger partial charge in [0.05, 0.1) is 6.04 Å². The summed E-state index contributed by atoms with van der Waals surface area (Å²) in [6.07, 6.45) is -0.341. The number of hydrogen-bond acceptors (Lipinski definition) is 2. The molecule has 1 aromatic carbocycles. The van der Waals surface area contributed by atoms with Gasteiger partial charge in [-0.25, -0.2) is 0 Å². The zero-order valence-electron chi connectivity index (χ0n) is 6.41. The third-order valence-corrected chi connectivity index (χ3v) is 2.14. The summed E-state index contributed by atoms with van der Waals surface area (Å²) in [6.45, 7) is 1.98. The molecule has 0 saturated carbocycles. The van der Waals surface area contributed by atoms with E-state index in [0.717, 1.165) is 11.3 Å². The van der Waals surface area contributed by atoms with Crippen molar-refractivity contribution < 1.29 is 5.11 Å². The van der Waals surface area contributed by atoms with Gasteiger partial charge in [-0.1, -0.05) is 18.2 Å². The van der Waals surface area contributed by atoms with E-state index >= 15 is 0 Å². The number of aliphatic hydroxyl groups is 1. The Labute approximate surface area is 65.9 Å². The van der Waals surface area contributed by atoms with Gasteiger partial charge >= 0.3 is 0 Å². The molecule has 1 aliphatic rings.